The molecule has 2 atom stereocenters. The fourth-order valence-electron chi connectivity index (χ4n) is 3.96. The van der Waals surface area contributed by atoms with Crippen LogP contribution in [0, 0.1) is 5.92 Å². The van der Waals surface area contributed by atoms with Gasteiger partial charge in [-0.25, -0.2) is 0 Å². The molecule has 3 nitrogen and oxygen atoms in total. The third-order valence-electron chi connectivity index (χ3n) is 5.38. The van der Waals surface area contributed by atoms with Gasteiger partial charge in [0.05, 0.1) is 0 Å². The molecule has 0 bridgehead atoms. The second-order valence-corrected chi connectivity index (χ2v) is 7.27. The number of rotatable bonds is 1. The Bertz CT molecular complexity index is 895. The maximum atomic E-state index is 13.1. The standard InChI is InChI=1S/C21H24N2O/c1-14-6-5-7-15(2)23(13-14)21(24)20-12-18-17-9-4-3-8-16(17)10-11-19(18)22-20/h3-4,8-12,14-15,22H,5-7,13H2,1-2H3/t14-,15-/m0/s1. The SMILES string of the molecule is C[C@H]1CCC[C@H](C)N(C(=O)c2cc3c(ccc4ccccc43)[nH]2)C1. The summed E-state index contributed by atoms with van der Waals surface area (Å²) in [5.41, 5.74) is 1.75. The summed E-state index contributed by atoms with van der Waals surface area (Å²) in [6.45, 7) is 5.28. The molecule has 0 saturated carbocycles. The molecule has 1 fully saturated rings. The molecule has 2 aromatic carbocycles. The van der Waals surface area contributed by atoms with E-state index in [1.54, 1.807) is 0 Å². The zero-order valence-electron chi connectivity index (χ0n) is 14.4. The van der Waals surface area contributed by atoms with Crippen LogP contribution in [0.3, 0.4) is 0 Å². The van der Waals surface area contributed by atoms with Gasteiger partial charge in [-0.2, -0.15) is 0 Å². The molecule has 3 aromatic rings. The van der Waals surface area contributed by atoms with E-state index in [2.05, 4.69) is 54.1 Å². The van der Waals surface area contributed by atoms with Gasteiger partial charge in [0.1, 0.15) is 5.69 Å². The Hall–Kier alpha value is -2.29. The van der Waals surface area contributed by atoms with E-state index in [0.29, 0.717) is 17.7 Å². The monoisotopic (exact) mass is 320 g/mol. The first-order valence-electron chi connectivity index (χ1n) is 8.95. The maximum absolute atomic E-state index is 13.1. The summed E-state index contributed by atoms with van der Waals surface area (Å²) >= 11 is 0. The number of hydrogen-bond acceptors (Lipinski definition) is 1. The third kappa shape index (κ3) is 2.58. The molecule has 1 amide bonds. The third-order valence-corrected chi connectivity index (χ3v) is 5.38. The molecular formula is C21H24N2O. The predicted octanol–water partition coefficient (Wildman–Crippen LogP) is 4.97. The molecule has 0 radical (unpaired) electrons. The molecule has 3 heteroatoms. The molecule has 1 aromatic heterocycles. The van der Waals surface area contributed by atoms with Crippen LogP contribution in [0.2, 0.25) is 0 Å². The van der Waals surface area contributed by atoms with Crippen LogP contribution < -0.4 is 0 Å². The number of hydrogen-bond donors (Lipinski definition) is 1. The smallest absolute Gasteiger partial charge is 0.270 e. The number of amides is 1. The van der Waals surface area contributed by atoms with E-state index in [4.69, 9.17) is 0 Å². The minimum Gasteiger partial charge on any atom is -0.351 e. The highest BCUT2D eigenvalue weighted by molar-refractivity contribution is 6.09. The minimum absolute atomic E-state index is 0.136. The van der Waals surface area contributed by atoms with Gasteiger partial charge in [0.2, 0.25) is 0 Å². The molecule has 4 rings (SSSR count). The topological polar surface area (TPSA) is 36.1 Å². The molecule has 1 aliphatic rings. The largest absolute Gasteiger partial charge is 0.351 e. The van der Waals surface area contributed by atoms with E-state index >= 15 is 0 Å². The lowest BCUT2D eigenvalue weighted by atomic mass is 10.1. The summed E-state index contributed by atoms with van der Waals surface area (Å²) in [5.74, 6) is 0.709. The number of nitrogens with zero attached hydrogens (tertiary/aromatic N) is 1. The van der Waals surface area contributed by atoms with Gasteiger partial charge in [-0.1, -0.05) is 43.7 Å². The lowest BCUT2D eigenvalue weighted by molar-refractivity contribution is 0.0672. The average molecular weight is 320 g/mol. The fourth-order valence-corrected chi connectivity index (χ4v) is 3.96. The normalized spacial score (nSPS) is 22.0. The van der Waals surface area contributed by atoms with Crippen molar-refractivity contribution in [3.63, 3.8) is 0 Å². The summed E-state index contributed by atoms with van der Waals surface area (Å²) in [7, 11) is 0. The Morgan fingerprint density at radius 1 is 1.08 bits per heavy atom. The quantitative estimate of drug-likeness (QED) is 0.675. The summed E-state index contributed by atoms with van der Waals surface area (Å²) in [4.78, 5) is 18.5. The molecule has 0 spiro atoms. The second kappa shape index (κ2) is 5.97. The highest BCUT2D eigenvalue weighted by Gasteiger charge is 2.27. The van der Waals surface area contributed by atoms with Gasteiger partial charge in [-0.3, -0.25) is 4.79 Å². The molecule has 0 aliphatic carbocycles. The van der Waals surface area contributed by atoms with Gasteiger partial charge in [0.25, 0.3) is 5.91 Å². The number of carbonyl (C=O) groups is 1. The number of carbonyl (C=O) groups excluding carboxylic acids is 1. The molecule has 1 saturated heterocycles. The van der Waals surface area contributed by atoms with Crippen LogP contribution >= 0.6 is 0 Å². The molecule has 1 aliphatic heterocycles. The fraction of sp³-hybridized carbons (Fsp3) is 0.381. The van der Waals surface area contributed by atoms with Gasteiger partial charge in [0.15, 0.2) is 0 Å². The highest BCUT2D eigenvalue weighted by Crippen LogP contribution is 2.28. The number of H-pyrrole nitrogens is 1. The predicted molar refractivity (Wildman–Crippen MR) is 99.3 cm³/mol. The van der Waals surface area contributed by atoms with Crippen molar-refractivity contribution in [2.75, 3.05) is 6.54 Å². The van der Waals surface area contributed by atoms with Gasteiger partial charge >= 0.3 is 0 Å². The van der Waals surface area contributed by atoms with Crippen molar-refractivity contribution >= 4 is 27.6 Å². The first kappa shape index (κ1) is 15.3. The maximum Gasteiger partial charge on any atom is 0.270 e. The minimum atomic E-state index is 0.136. The van der Waals surface area contributed by atoms with Crippen LogP contribution in [-0.2, 0) is 0 Å². The van der Waals surface area contributed by atoms with Gasteiger partial charge in [0, 0.05) is 23.5 Å². The van der Waals surface area contributed by atoms with E-state index < -0.39 is 0 Å². The van der Waals surface area contributed by atoms with Crippen molar-refractivity contribution in [1.82, 2.24) is 9.88 Å². The van der Waals surface area contributed by atoms with Crippen molar-refractivity contribution in [3.8, 4) is 0 Å². The Labute approximate surface area is 142 Å². The molecule has 2 heterocycles. The summed E-state index contributed by atoms with van der Waals surface area (Å²) in [6.07, 6.45) is 3.52. The van der Waals surface area contributed by atoms with Crippen LogP contribution in [0.25, 0.3) is 21.7 Å². The summed E-state index contributed by atoms with van der Waals surface area (Å²) in [6, 6.07) is 14.9. The van der Waals surface area contributed by atoms with Gasteiger partial charge in [-0.15, -0.1) is 0 Å². The Kier molecular flexibility index (Phi) is 3.79. The molecule has 0 unspecified atom stereocenters. The van der Waals surface area contributed by atoms with Crippen LogP contribution in [0.1, 0.15) is 43.6 Å². The zero-order valence-corrected chi connectivity index (χ0v) is 14.4. The Morgan fingerprint density at radius 3 is 2.79 bits per heavy atom. The van der Waals surface area contributed by atoms with Crippen molar-refractivity contribution in [1.29, 1.82) is 0 Å². The van der Waals surface area contributed by atoms with E-state index in [1.807, 2.05) is 12.1 Å². The molecule has 124 valence electrons. The van der Waals surface area contributed by atoms with Crippen molar-refractivity contribution in [2.24, 2.45) is 5.92 Å². The van der Waals surface area contributed by atoms with Gasteiger partial charge in [-0.05, 0) is 48.6 Å². The first-order valence-corrected chi connectivity index (χ1v) is 8.95. The Morgan fingerprint density at radius 2 is 1.92 bits per heavy atom. The molecule has 24 heavy (non-hydrogen) atoms. The summed E-state index contributed by atoms with van der Waals surface area (Å²) in [5, 5.41) is 3.54. The van der Waals surface area contributed by atoms with E-state index in [1.165, 1.54) is 23.6 Å². The van der Waals surface area contributed by atoms with Crippen LogP contribution in [-0.4, -0.2) is 28.4 Å². The van der Waals surface area contributed by atoms with Crippen LogP contribution in [0.5, 0.6) is 0 Å². The average Bonchev–Trinajstić information content (AvgIpc) is 2.96. The lowest BCUT2D eigenvalue weighted by Gasteiger charge is -2.28. The van der Waals surface area contributed by atoms with Crippen molar-refractivity contribution in [3.05, 3.63) is 48.2 Å². The van der Waals surface area contributed by atoms with E-state index in [-0.39, 0.29) is 5.91 Å². The number of likely N-dealkylation sites (tertiary alicyclic amines) is 1. The first-order chi connectivity index (χ1) is 11.6. The molecule has 1 N–H and O–H groups in total. The number of aromatic amines is 1. The van der Waals surface area contributed by atoms with E-state index in [0.717, 1.165) is 23.9 Å². The number of benzene rings is 2. The number of nitrogens with one attached hydrogen (secondary N) is 1. The van der Waals surface area contributed by atoms with Crippen LogP contribution in [0.15, 0.2) is 42.5 Å². The van der Waals surface area contributed by atoms with Crippen LogP contribution in [0.4, 0.5) is 0 Å². The lowest BCUT2D eigenvalue weighted by Crippen LogP contribution is -2.40. The number of fused-ring (bicyclic) bond motifs is 3. The van der Waals surface area contributed by atoms with E-state index in [9.17, 15) is 4.79 Å². The second-order valence-electron chi connectivity index (χ2n) is 7.27. The summed E-state index contributed by atoms with van der Waals surface area (Å²) < 4.78 is 0. The van der Waals surface area contributed by atoms with Crippen molar-refractivity contribution < 1.29 is 4.79 Å². The Balaban J connectivity index is 1.75. The molecular weight excluding hydrogens is 296 g/mol. The van der Waals surface area contributed by atoms with Gasteiger partial charge < -0.3 is 9.88 Å². The highest BCUT2D eigenvalue weighted by atomic mass is 16.2. The zero-order chi connectivity index (χ0) is 16.7. The number of aromatic nitrogens is 1. The van der Waals surface area contributed by atoms with Crippen molar-refractivity contribution in [2.45, 2.75) is 39.2 Å².